The minimum atomic E-state index is -3.82. The molecule has 118 valence electrons. The van der Waals surface area contributed by atoms with E-state index < -0.39 is 15.8 Å². The van der Waals surface area contributed by atoms with Crippen molar-refractivity contribution >= 4 is 10.0 Å². The minimum absolute atomic E-state index is 0.0877. The maximum absolute atomic E-state index is 14.1. The van der Waals surface area contributed by atoms with E-state index in [-0.39, 0.29) is 16.4 Å². The van der Waals surface area contributed by atoms with Crippen LogP contribution in [0.2, 0.25) is 0 Å². The van der Waals surface area contributed by atoms with Crippen LogP contribution in [0.25, 0.3) is 0 Å². The van der Waals surface area contributed by atoms with Gasteiger partial charge in [-0.1, -0.05) is 26.3 Å². The Morgan fingerprint density at radius 1 is 1.38 bits per heavy atom. The summed E-state index contributed by atoms with van der Waals surface area (Å²) in [5.74, 6) is -0.703. The van der Waals surface area contributed by atoms with Gasteiger partial charge in [-0.15, -0.1) is 0 Å². The summed E-state index contributed by atoms with van der Waals surface area (Å²) < 4.78 is 41.6. The molecule has 0 spiro atoms. The lowest BCUT2D eigenvalue weighted by Crippen LogP contribution is -2.41. The van der Waals surface area contributed by atoms with Gasteiger partial charge in [0.1, 0.15) is 10.7 Å². The average Bonchev–Trinajstić information content (AvgIpc) is 2.68. The van der Waals surface area contributed by atoms with Crippen molar-refractivity contribution in [3.05, 3.63) is 29.6 Å². The molecule has 0 radical (unpaired) electrons. The summed E-state index contributed by atoms with van der Waals surface area (Å²) >= 11 is 0. The van der Waals surface area contributed by atoms with Crippen molar-refractivity contribution in [3.8, 4) is 0 Å². The first-order valence-corrected chi connectivity index (χ1v) is 8.70. The number of halogens is 1. The fourth-order valence-electron chi connectivity index (χ4n) is 2.87. The molecule has 4 nitrogen and oxygen atoms in total. The van der Waals surface area contributed by atoms with Crippen LogP contribution in [0.4, 0.5) is 4.39 Å². The molecule has 0 aliphatic heterocycles. The van der Waals surface area contributed by atoms with Gasteiger partial charge >= 0.3 is 0 Å². The van der Waals surface area contributed by atoms with Crippen LogP contribution < -0.4 is 10.0 Å². The predicted molar refractivity (Wildman–Crippen MR) is 80.9 cm³/mol. The van der Waals surface area contributed by atoms with Crippen LogP contribution >= 0.6 is 0 Å². The number of rotatable bonds is 5. The summed E-state index contributed by atoms with van der Waals surface area (Å²) in [6.07, 6.45) is 2.76. The molecule has 1 aliphatic rings. The summed E-state index contributed by atoms with van der Waals surface area (Å²) in [4.78, 5) is -0.273. The molecule has 1 aliphatic carbocycles. The van der Waals surface area contributed by atoms with Crippen LogP contribution in [-0.4, -0.2) is 21.5 Å². The third-order valence-corrected chi connectivity index (χ3v) is 5.73. The van der Waals surface area contributed by atoms with Gasteiger partial charge in [0.2, 0.25) is 10.0 Å². The molecule has 2 rings (SSSR count). The Kier molecular flexibility index (Phi) is 4.70. The lowest BCUT2D eigenvalue weighted by Gasteiger charge is -2.27. The molecule has 0 saturated heterocycles. The molecule has 1 atom stereocenters. The van der Waals surface area contributed by atoms with Crippen LogP contribution in [0, 0.1) is 11.2 Å². The number of benzene rings is 1. The maximum Gasteiger partial charge on any atom is 0.243 e. The molecule has 0 bridgehead atoms. The summed E-state index contributed by atoms with van der Waals surface area (Å²) in [7, 11) is -2.07. The fraction of sp³-hybridized carbons (Fsp3) is 0.600. The van der Waals surface area contributed by atoms with Gasteiger partial charge in [-0.2, -0.15) is 0 Å². The highest BCUT2D eigenvalue weighted by atomic mass is 32.2. The first-order chi connectivity index (χ1) is 9.76. The largest absolute Gasteiger partial charge is 0.316 e. The normalized spacial score (nSPS) is 21.6. The Morgan fingerprint density at radius 2 is 2.10 bits per heavy atom. The highest BCUT2D eigenvalue weighted by Gasteiger charge is 2.37. The van der Waals surface area contributed by atoms with Crippen molar-refractivity contribution in [2.75, 3.05) is 7.05 Å². The predicted octanol–water partition coefficient (Wildman–Crippen LogP) is 2.40. The lowest BCUT2D eigenvalue weighted by molar-refractivity contribution is 0.312. The van der Waals surface area contributed by atoms with Gasteiger partial charge in [0.25, 0.3) is 0 Å². The van der Waals surface area contributed by atoms with E-state index in [2.05, 4.69) is 10.0 Å². The first-order valence-electron chi connectivity index (χ1n) is 7.21. The molecule has 2 N–H and O–H groups in total. The third-order valence-electron chi connectivity index (χ3n) is 4.22. The van der Waals surface area contributed by atoms with Gasteiger partial charge in [0.05, 0.1) is 0 Å². The van der Waals surface area contributed by atoms with E-state index in [0.717, 1.165) is 24.8 Å². The Bertz CT molecular complexity index is 614. The molecule has 1 unspecified atom stereocenters. The van der Waals surface area contributed by atoms with E-state index in [1.54, 1.807) is 13.1 Å². The number of nitrogens with one attached hydrogen (secondary N) is 2. The topological polar surface area (TPSA) is 58.2 Å². The van der Waals surface area contributed by atoms with E-state index in [1.807, 2.05) is 13.8 Å². The average molecular weight is 314 g/mol. The highest BCUT2D eigenvalue weighted by molar-refractivity contribution is 7.89. The second kappa shape index (κ2) is 6.02. The van der Waals surface area contributed by atoms with Gasteiger partial charge in [0.15, 0.2) is 0 Å². The second-order valence-corrected chi connectivity index (χ2v) is 8.03. The number of hydrogen-bond acceptors (Lipinski definition) is 3. The van der Waals surface area contributed by atoms with Crippen molar-refractivity contribution in [1.29, 1.82) is 0 Å². The Balaban J connectivity index is 2.24. The smallest absolute Gasteiger partial charge is 0.243 e. The van der Waals surface area contributed by atoms with Gasteiger partial charge in [0, 0.05) is 12.6 Å². The number of hydrogen-bond donors (Lipinski definition) is 2. The van der Waals surface area contributed by atoms with Crippen LogP contribution in [0.1, 0.15) is 38.7 Å². The molecule has 0 heterocycles. The first kappa shape index (κ1) is 16.4. The molecule has 1 saturated carbocycles. The van der Waals surface area contributed by atoms with E-state index in [4.69, 9.17) is 0 Å². The molecular formula is C15H23FN2O2S. The SMILES string of the molecule is CNCc1ccc(S(=O)(=O)NC2CCCC2(C)C)c(F)c1. The summed E-state index contributed by atoms with van der Waals surface area (Å²) in [6.45, 7) is 4.58. The summed E-state index contributed by atoms with van der Waals surface area (Å²) in [5, 5.41) is 2.91. The highest BCUT2D eigenvalue weighted by Crippen LogP contribution is 2.38. The molecule has 0 amide bonds. The van der Waals surface area contributed by atoms with Crippen LogP contribution in [0.15, 0.2) is 23.1 Å². The molecular weight excluding hydrogens is 291 g/mol. The van der Waals surface area contributed by atoms with Crippen molar-refractivity contribution in [1.82, 2.24) is 10.0 Å². The Hall–Kier alpha value is -0.980. The lowest BCUT2D eigenvalue weighted by atomic mass is 9.88. The van der Waals surface area contributed by atoms with Crippen LogP contribution in [0.5, 0.6) is 0 Å². The quantitative estimate of drug-likeness (QED) is 0.877. The van der Waals surface area contributed by atoms with Gasteiger partial charge in [-0.25, -0.2) is 17.5 Å². The molecule has 0 aromatic heterocycles. The molecule has 1 aromatic carbocycles. The van der Waals surface area contributed by atoms with Gasteiger partial charge in [-0.3, -0.25) is 0 Å². The van der Waals surface area contributed by atoms with Gasteiger partial charge < -0.3 is 5.32 Å². The van der Waals surface area contributed by atoms with E-state index in [9.17, 15) is 12.8 Å². The zero-order valence-electron chi connectivity index (χ0n) is 12.7. The standard InChI is InChI=1S/C15H23FN2O2S/c1-15(2)8-4-5-14(15)18-21(19,20)13-7-6-11(10-17-3)9-12(13)16/h6-7,9,14,17-18H,4-5,8,10H2,1-3H3. The van der Waals surface area contributed by atoms with Crippen molar-refractivity contribution < 1.29 is 12.8 Å². The zero-order valence-corrected chi connectivity index (χ0v) is 13.6. The Morgan fingerprint density at radius 3 is 2.62 bits per heavy atom. The molecule has 1 fully saturated rings. The van der Waals surface area contributed by atoms with E-state index in [1.165, 1.54) is 12.1 Å². The van der Waals surface area contributed by atoms with Crippen molar-refractivity contribution in [2.45, 2.75) is 50.6 Å². The third kappa shape index (κ3) is 3.62. The van der Waals surface area contributed by atoms with Crippen LogP contribution in [-0.2, 0) is 16.6 Å². The van der Waals surface area contributed by atoms with Crippen molar-refractivity contribution in [2.24, 2.45) is 5.41 Å². The van der Waals surface area contributed by atoms with E-state index >= 15 is 0 Å². The second-order valence-electron chi connectivity index (χ2n) is 6.35. The summed E-state index contributed by atoms with van der Waals surface area (Å²) in [6, 6.07) is 4.10. The molecule has 6 heteroatoms. The van der Waals surface area contributed by atoms with Gasteiger partial charge in [-0.05, 0) is 43.0 Å². The van der Waals surface area contributed by atoms with Crippen LogP contribution in [0.3, 0.4) is 0 Å². The minimum Gasteiger partial charge on any atom is -0.316 e. The van der Waals surface area contributed by atoms with E-state index in [0.29, 0.717) is 6.54 Å². The maximum atomic E-state index is 14.1. The van der Waals surface area contributed by atoms with Crippen molar-refractivity contribution in [3.63, 3.8) is 0 Å². The Labute approximate surface area is 126 Å². The zero-order chi connectivity index (χ0) is 15.7. The summed E-state index contributed by atoms with van der Waals surface area (Å²) in [5.41, 5.74) is 0.630. The fourth-order valence-corrected chi connectivity index (χ4v) is 4.37. The molecule has 1 aromatic rings. The molecule has 21 heavy (non-hydrogen) atoms. The number of sulfonamides is 1. The monoisotopic (exact) mass is 314 g/mol.